The van der Waals surface area contributed by atoms with Crippen molar-refractivity contribution in [2.24, 2.45) is 5.73 Å². The monoisotopic (exact) mass is 267 g/mol. The first-order chi connectivity index (χ1) is 8.71. The molecule has 0 bridgehead atoms. The lowest BCUT2D eigenvalue weighted by Crippen LogP contribution is -2.37. The van der Waals surface area contributed by atoms with E-state index in [-0.39, 0.29) is 16.7 Å². The quantitative estimate of drug-likeness (QED) is 0.914. The van der Waals surface area contributed by atoms with E-state index < -0.39 is 0 Å². The van der Waals surface area contributed by atoms with Crippen molar-refractivity contribution in [1.29, 1.82) is 0 Å². The summed E-state index contributed by atoms with van der Waals surface area (Å²) in [6.07, 6.45) is 4.38. The van der Waals surface area contributed by atoms with E-state index in [1.165, 1.54) is 24.7 Å². The first kappa shape index (κ1) is 12.3. The Hall–Kier alpha value is -0.740. The predicted molar refractivity (Wildman–Crippen MR) is 72.6 cm³/mol. The van der Waals surface area contributed by atoms with E-state index >= 15 is 0 Å². The van der Waals surface area contributed by atoms with Crippen LogP contribution in [0.4, 0.5) is 4.39 Å². The molecule has 98 valence electrons. The molecule has 2 aliphatic heterocycles. The second-order valence-electron chi connectivity index (χ2n) is 5.24. The Morgan fingerprint density at radius 1 is 1.50 bits per heavy atom. The van der Waals surface area contributed by atoms with Crippen molar-refractivity contribution in [1.82, 2.24) is 0 Å². The number of thioether (sulfide) groups is 1. The van der Waals surface area contributed by atoms with Crippen LogP contribution < -0.4 is 10.5 Å². The average Bonchev–Trinajstić information content (AvgIpc) is 2.96. The molecule has 3 rings (SSSR count). The minimum absolute atomic E-state index is 0.163. The highest BCUT2D eigenvalue weighted by atomic mass is 32.2. The second-order valence-corrected chi connectivity index (χ2v) is 6.80. The summed E-state index contributed by atoms with van der Waals surface area (Å²) in [6, 6.07) is 4.79. The Morgan fingerprint density at radius 2 is 2.39 bits per heavy atom. The van der Waals surface area contributed by atoms with Crippen molar-refractivity contribution in [3.05, 3.63) is 29.6 Å². The Morgan fingerprint density at radius 3 is 3.11 bits per heavy atom. The number of ether oxygens (including phenoxy) is 1. The Labute approximate surface area is 111 Å². The third kappa shape index (κ3) is 2.24. The summed E-state index contributed by atoms with van der Waals surface area (Å²) in [5.74, 6) is 1.87. The van der Waals surface area contributed by atoms with Crippen molar-refractivity contribution >= 4 is 11.8 Å². The zero-order valence-corrected chi connectivity index (χ0v) is 11.1. The van der Waals surface area contributed by atoms with Crippen LogP contribution in [0, 0.1) is 5.82 Å². The normalized spacial score (nSPS) is 30.2. The standard InChI is InChI=1S/C14H18FNOS/c15-11-2-3-13-10(6-11)7-12(17-13)8-14(9-16)4-1-5-18-14/h2-3,6,12H,1,4-5,7-9,16H2. The average molecular weight is 267 g/mol. The Balaban J connectivity index is 1.70. The van der Waals surface area contributed by atoms with Crippen LogP contribution in [-0.2, 0) is 6.42 Å². The molecule has 2 N–H and O–H groups in total. The summed E-state index contributed by atoms with van der Waals surface area (Å²) in [5.41, 5.74) is 6.94. The highest BCUT2D eigenvalue weighted by molar-refractivity contribution is 8.00. The molecule has 2 atom stereocenters. The minimum Gasteiger partial charge on any atom is -0.490 e. The lowest BCUT2D eigenvalue weighted by molar-refractivity contribution is 0.202. The van der Waals surface area contributed by atoms with E-state index in [1.54, 1.807) is 12.1 Å². The Bertz CT molecular complexity index is 445. The molecule has 1 aromatic rings. The van der Waals surface area contributed by atoms with E-state index in [1.807, 2.05) is 11.8 Å². The molecule has 0 aliphatic carbocycles. The molecular formula is C14H18FNOS. The van der Waals surface area contributed by atoms with Crippen LogP contribution >= 0.6 is 11.8 Å². The van der Waals surface area contributed by atoms with Gasteiger partial charge in [0.05, 0.1) is 0 Å². The van der Waals surface area contributed by atoms with Gasteiger partial charge >= 0.3 is 0 Å². The fraction of sp³-hybridized carbons (Fsp3) is 0.571. The predicted octanol–water partition coefficient (Wildman–Crippen LogP) is 2.74. The van der Waals surface area contributed by atoms with Crippen LogP contribution in [0.5, 0.6) is 5.75 Å². The summed E-state index contributed by atoms with van der Waals surface area (Å²) in [7, 11) is 0. The zero-order chi connectivity index (χ0) is 12.6. The fourth-order valence-corrected chi connectivity index (χ4v) is 4.41. The van der Waals surface area contributed by atoms with Gasteiger partial charge in [0, 0.05) is 29.7 Å². The molecule has 0 spiro atoms. The number of nitrogens with two attached hydrogens (primary N) is 1. The molecule has 0 radical (unpaired) electrons. The van der Waals surface area contributed by atoms with Gasteiger partial charge in [-0.1, -0.05) is 0 Å². The fourth-order valence-electron chi connectivity index (χ4n) is 2.98. The molecular weight excluding hydrogens is 249 g/mol. The third-order valence-electron chi connectivity index (χ3n) is 3.92. The zero-order valence-electron chi connectivity index (χ0n) is 10.3. The van der Waals surface area contributed by atoms with Gasteiger partial charge in [0.1, 0.15) is 17.7 Å². The van der Waals surface area contributed by atoms with Crippen molar-refractivity contribution in [2.75, 3.05) is 12.3 Å². The molecule has 2 nitrogen and oxygen atoms in total. The Kier molecular flexibility index (Phi) is 3.24. The highest BCUT2D eigenvalue weighted by Gasteiger charge is 2.38. The number of hydrogen-bond acceptors (Lipinski definition) is 3. The number of benzene rings is 1. The van der Waals surface area contributed by atoms with Gasteiger partial charge in [-0.25, -0.2) is 4.39 Å². The summed E-state index contributed by atoms with van der Waals surface area (Å²) < 4.78 is 19.3. The number of halogens is 1. The molecule has 0 saturated carbocycles. The maximum absolute atomic E-state index is 13.2. The van der Waals surface area contributed by atoms with Crippen molar-refractivity contribution in [3.63, 3.8) is 0 Å². The van der Waals surface area contributed by atoms with E-state index in [0.717, 1.165) is 24.2 Å². The van der Waals surface area contributed by atoms with Crippen LogP contribution in [0.25, 0.3) is 0 Å². The van der Waals surface area contributed by atoms with Gasteiger partial charge in [-0.15, -0.1) is 0 Å². The lowest BCUT2D eigenvalue weighted by Gasteiger charge is -2.29. The number of fused-ring (bicyclic) bond motifs is 1. The van der Waals surface area contributed by atoms with Gasteiger partial charge in [0.25, 0.3) is 0 Å². The first-order valence-corrected chi connectivity index (χ1v) is 7.48. The summed E-state index contributed by atoms with van der Waals surface area (Å²) in [5, 5.41) is 0. The van der Waals surface area contributed by atoms with Crippen LogP contribution in [0.3, 0.4) is 0 Å². The van der Waals surface area contributed by atoms with Crippen LogP contribution in [0.2, 0.25) is 0 Å². The van der Waals surface area contributed by atoms with E-state index in [9.17, 15) is 4.39 Å². The van der Waals surface area contributed by atoms with Gasteiger partial charge in [0.15, 0.2) is 0 Å². The molecule has 0 aromatic heterocycles. The molecule has 1 fully saturated rings. The van der Waals surface area contributed by atoms with Gasteiger partial charge in [-0.05, 0) is 36.8 Å². The topological polar surface area (TPSA) is 35.2 Å². The number of rotatable bonds is 3. The minimum atomic E-state index is -0.179. The van der Waals surface area contributed by atoms with Gasteiger partial charge in [0.2, 0.25) is 0 Å². The molecule has 4 heteroatoms. The summed E-state index contributed by atoms with van der Waals surface area (Å²) >= 11 is 1.98. The lowest BCUT2D eigenvalue weighted by atomic mass is 9.94. The summed E-state index contributed by atoms with van der Waals surface area (Å²) in [4.78, 5) is 0. The van der Waals surface area contributed by atoms with Crippen LogP contribution in [0.1, 0.15) is 24.8 Å². The molecule has 18 heavy (non-hydrogen) atoms. The van der Waals surface area contributed by atoms with E-state index in [2.05, 4.69) is 0 Å². The molecule has 0 amide bonds. The smallest absolute Gasteiger partial charge is 0.123 e. The molecule has 2 unspecified atom stereocenters. The first-order valence-electron chi connectivity index (χ1n) is 6.50. The highest BCUT2D eigenvalue weighted by Crippen LogP contribution is 2.43. The maximum atomic E-state index is 13.2. The molecule has 2 heterocycles. The van der Waals surface area contributed by atoms with Crippen LogP contribution in [0.15, 0.2) is 18.2 Å². The summed E-state index contributed by atoms with van der Waals surface area (Å²) in [6.45, 7) is 0.711. The van der Waals surface area contributed by atoms with Gasteiger partial charge in [-0.3, -0.25) is 0 Å². The largest absolute Gasteiger partial charge is 0.490 e. The van der Waals surface area contributed by atoms with E-state index in [4.69, 9.17) is 10.5 Å². The van der Waals surface area contributed by atoms with E-state index in [0.29, 0.717) is 6.54 Å². The van der Waals surface area contributed by atoms with Crippen molar-refractivity contribution in [3.8, 4) is 5.75 Å². The molecule has 2 aliphatic rings. The second kappa shape index (κ2) is 4.74. The SMILES string of the molecule is NCC1(CC2Cc3cc(F)ccc3O2)CCCS1. The van der Waals surface area contributed by atoms with Crippen LogP contribution in [-0.4, -0.2) is 23.1 Å². The third-order valence-corrected chi connectivity index (χ3v) is 5.56. The van der Waals surface area contributed by atoms with Crippen molar-refractivity contribution in [2.45, 2.75) is 36.5 Å². The van der Waals surface area contributed by atoms with Gasteiger partial charge < -0.3 is 10.5 Å². The molecule has 1 saturated heterocycles. The number of hydrogen-bond donors (Lipinski definition) is 1. The molecule has 1 aromatic carbocycles. The van der Waals surface area contributed by atoms with Gasteiger partial charge in [-0.2, -0.15) is 11.8 Å². The maximum Gasteiger partial charge on any atom is 0.123 e. The van der Waals surface area contributed by atoms with Crippen molar-refractivity contribution < 1.29 is 9.13 Å².